The van der Waals surface area contributed by atoms with Gasteiger partial charge in [-0.2, -0.15) is 0 Å². The lowest BCUT2D eigenvalue weighted by Gasteiger charge is -2.17. The molecule has 0 saturated carbocycles. The van der Waals surface area contributed by atoms with E-state index in [1.165, 1.54) is 69.1 Å². The van der Waals surface area contributed by atoms with Gasteiger partial charge in [-0.1, -0.05) is 108 Å². The summed E-state index contributed by atoms with van der Waals surface area (Å²) in [5.41, 5.74) is 0. The molecule has 0 aliphatic rings. The SMILES string of the molecule is CCCCCCCCCCCCCOP(Oc1ccccc1)Sc1ccccc1. The fourth-order valence-electron chi connectivity index (χ4n) is 3.11. The van der Waals surface area contributed by atoms with Crippen molar-refractivity contribution in [2.75, 3.05) is 6.61 Å². The lowest BCUT2D eigenvalue weighted by molar-refractivity contribution is 0.312. The normalized spacial score (nSPS) is 12.0. The molecule has 0 aliphatic heterocycles. The average Bonchev–Trinajstić information content (AvgIpc) is 2.76. The first-order valence-electron chi connectivity index (χ1n) is 11.3. The maximum atomic E-state index is 6.14. The second-order valence-electron chi connectivity index (χ2n) is 7.40. The summed E-state index contributed by atoms with van der Waals surface area (Å²) in [6.07, 6.45) is 14.8. The number of hydrogen-bond acceptors (Lipinski definition) is 3. The van der Waals surface area contributed by atoms with Crippen LogP contribution in [-0.2, 0) is 4.52 Å². The van der Waals surface area contributed by atoms with E-state index in [0.29, 0.717) is 0 Å². The van der Waals surface area contributed by atoms with Gasteiger partial charge in [0.15, 0.2) is 0 Å². The Kier molecular flexibility index (Phi) is 14.0. The molecule has 2 aromatic carbocycles. The molecule has 1 unspecified atom stereocenters. The van der Waals surface area contributed by atoms with Gasteiger partial charge in [0.05, 0.1) is 6.61 Å². The molecule has 0 amide bonds. The highest BCUT2D eigenvalue weighted by Crippen LogP contribution is 2.55. The molecule has 0 spiro atoms. The zero-order chi connectivity index (χ0) is 20.4. The van der Waals surface area contributed by atoms with E-state index in [1.807, 2.05) is 36.4 Å². The van der Waals surface area contributed by atoms with Gasteiger partial charge in [-0.3, -0.25) is 0 Å². The smallest absolute Gasteiger partial charge is 0.303 e. The van der Waals surface area contributed by atoms with E-state index in [1.54, 1.807) is 11.4 Å². The van der Waals surface area contributed by atoms with Crippen LogP contribution in [0.15, 0.2) is 65.6 Å². The Hall–Kier alpha value is -1.02. The van der Waals surface area contributed by atoms with Gasteiger partial charge in [-0.25, -0.2) is 0 Å². The molecule has 1 atom stereocenters. The standard InChI is InChI=1S/C25H37O2PS/c1-2-3-4-5-6-7-8-9-10-11-18-23-26-28(27-24-19-14-12-15-20-24)29-25-21-16-13-17-22-25/h12-17,19-22H,2-11,18,23H2,1H3. The number of rotatable bonds is 17. The van der Waals surface area contributed by atoms with Crippen LogP contribution in [0, 0.1) is 0 Å². The van der Waals surface area contributed by atoms with Crippen molar-refractivity contribution in [2.24, 2.45) is 0 Å². The summed E-state index contributed by atoms with van der Waals surface area (Å²) in [7, 11) is -1.03. The molecule has 0 aromatic heterocycles. The van der Waals surface area contributed by atoms with Crippen LogP contribution in [0.1, 0.15) is 77.6 Å². The Labute approximate surface area is 183 Å². The van der Waals surface area contributed by atoms with Crippen molar-refractivity contribution in [1.82, 2.24) is 0 Å². The second-order valence-corrected chi connectivity index (χ2v) is 10.4. The van der Waals surface area contributed by atoms with Crippen molar-refractivity contribution in [3.05, 3.63) is 60.7 Å². The quantitative estimate of drug-likeness (QED) is 0.183. The van der Waals surface area contributed by atoms with E-state index in [2.05, 4.69) is 31.2 Å². The second kappa shape index (κ2) is 16.7. The lowest BCUT2D eigenvalue weighted by Crippen LogP contribution is -1.94. The summed E-state index contributed by atoms with van der Waals surface area (Å²) in [5, 5.41) is 0. The van der Waals surface area contributed by atoms with Gasteiger partial charge in [0, 0.05) is 4.90 Å². The Balaban J connectivity index is 1.58. The first-order chi connectivity index (χ1) is 14.4. The molecule has 2 nitrogen and oxygen atoms in total. The Bertz CT molecular complexity index is 567. The molecule has 0 N–H and O–H groups in total. The zero-order valence-corrected chi connectivity index (χ0v) is 19.6. The summed E-state index contributed by atoms with van der Waals surface area (Å²) in [4.78, 5) is 1.19. The van der Waals surface area contributed by atoms with Gasteiger partial charge < -0.3 is 9.05 Å². The van der Waals surface area contributed by atoms with Gasteiger partial charge in [0.2, 0.25) is 0 Å². The van der Waals surface area contributed by atoms with Crippen molar-refractivity contribution in [2.45, 2.75) is 82.4 Å². The van der Waals surface area contributed by atoms with E-state index in [4.69, 9.17) is 9.05 Å². The summed E-state index contributed by atoms with van der Waals surface area (Å²) < 4.78 is 12.3. The first kappa shape index (κ1) is 24.3. The lowest BCUT2D eigenvalue weighted by atomic mass is 10.1. The highest BCUT2D eigenvalue weighted by atomic mass is 32.7. The molecule has 2 aromatic rings. The molecular formula is C25H37O2PS. The third-order valence-corrected chi connectivity index (χ3v) is 7.80. The minimum Gasteiger partial charge on any atom is -0.439 e. The zero-order valence-electron chi connectivity index (χ0n) is 17.9. The van der Waals surface area contributed by atoms with Crippen molar-refractivity contribution in [1.29, 1.82) is 0 Å². The molecule has 29 heavy (non-hydrogen) atoms. The predicted molar refractivity (Wildman–Crippen MR) is 129 cm³/mol. The molecule has 0 bridgehead atoms. The Morgan fingerprint density at radius 2 is 1.17 bits per heavy atom. The largest absolute Gasteiger partial charge is 0.439 e. The molecule has 0 heterocycles. The molecule has 2 rings (SSSR count). The van der Waals surface area contributed by atoms with E-state index >= 15 is 0 Å². The summed E-state index contributed by atoms with van der Waals surface area (Å²) >= 11 is 1.69. The molecule has 0 fully saturated rings. The minimum atomic E-state index is -1.03. The molecule has 0 aliphatic carbocycles. The monoisotopic (exact) mass is 432 g/mol. The number of unbranched alkanes of at least 4 members (excludes halogenated alkanes) is 10. The van der Waals surface area contributed by atoms with Gasteiger partial charge in [0.25, 0.3) is 0 Å². The fourth-order valence-corrected chi connectivity index (χ4v) is 5.91. The van der Waals surface area contributed by atoms with Gasteiger partial charge in [-0.05, 0) is 42.1 Å². The fraction of sp³-hybridized carbons (Fsp3) is 0.520. The van der Waals surface area contributed by atoms with Gasteiger partial charge in [-0.15, -0.1) is 0 Å². The molecule has 160 valence electrons. The molecule has 0 radical (unpaired) electrons. The highest BCUT2D eigenvalue weighted by molar-refractivity contribution is 8.53. The van der Waals surface area contributed by atoms with Crippen molar-refractivity contribution in [3.8, 4) is 5.75 Å². The first-order valence-corrected chi connectivity index (χ1v) is 13.9. The Morgan fingerprint density at radius 3 is 1.76 bits per heavy atom. The van der Waals surface area contributed by atoms with Crippen LogP contribution in [0.3, 0.4) is 0 Å². The number of para-hydroxylation sites is 1. The van der Waals surface area contributed by atoms with Crippen LogP contribution in [-0.4, -0.2) is 6.61 Å². The van der Waals surface area contributed by atoms with Crippen molar-refractivity contribution in [3.63, 3.8) is 0 Å². The number of benzene rings is 2. The van der Waals surface area contributed by atoms with Gasteiger partial charge in [0.1, 0.15) is 5.75 Å². The minimum absolute atomic E-state index is 0.773. The van der Waals surface area contributed by atoms with Crippen molar-refractivity contribution < 1.29 is 9.05 Å². The van der Waals surface area contributed by atoms with Crippen LogP contribution >= 0.6 is 19.0 Å². The van der Waals surface area contributed by atoms with E-state index in [-0.39, 0.29) is 0 Å². The Morgan fingerprint density at radius 1 is 0.655 bits per heavy atom. The third kappa shape index (κ3) is 12.3. The van der Waals surface area contributed by atoms with Crippen molar-refractivity contribution >= 4 is 19.0 Å². The van der Waals surface area contributed by atoms with Crippen LogP contribution in [0.5, 0.6) is 5.75 Å². The average molecular weight is 433 g/mol. The van der Waals surface area contributed by atoms with Gasteiger partial charge >= 0.3 is 7.58 Å². The van der Waals surface area contributed by atoms with Crippen LogP contribution in [0.4, 0.5) is 0 Å². The molecular weight excluding hydrogens is 395 g/mol. The van der Waals surface area contributed by atoms with E-state index < -0.39 is 7.58 Å². The van der Waals surface area contributed by atoms with E-state index in [9.17, 15) is 0 Å². The van der Waals surface area contributed by atoms with Crippen LogP contribution in [0.25, 0.3) is 0 Å². The molecule has 0 saturated heterocycles. The van der Waals surface area contributed by atoms with Crippen LogP contribution in [0.2, 0.25) is 0 Å². The predicted octanol–water partition coefficient (Wildman–Crippen LogP) is 9.41. The summed E-state index contributed by atoms with van der Waals surface area (Å²) in [6.45, 7) is 3.05. The number of hydrogen-bond donors (Lipinski definition) is 0. The summed E-state index contributed by atoms with van der Waals surface area (Å²) in [6, 6.07) is 20.4. The maximum absolute atomic E-state index is 6.14. The topological polar surface area (TPSA) is 18.5 Å². The van der Waals surface area contributed by atoms with Crippen LogP contribution < -0.4 is 4.52 Å². The maximum Gasteiger partial charge on any atom is 0.303 e. The highest BCUT2D eigenvalue weighted by Gasteiger charge is 2.15. The summed E-state index contributed by atoms with van der Waals surface area (Å²) in [5.74, 6) is 0.876. The molecule has 4 heteroatoms. The van der Waals surface area contributed by atoms with E-state index in [0.717, 1.165) is 18.8 Å². The third-order valence-electron chi connectivity index (χ3n) is 4.79.